The van der Waals surface area contributed by atoms with Crippen molar-refractivity contribution in [1.29, 1.82) is 0 Å². The van der Waals surface area contributed by atoms with Gasteiger partial charge in [0.2, 0.25) is 10.0 Å². The maximum absolute atomic E-state index is 12.9. The molecule has 0 atom stereocenters. The fraction of sp³-hybridized carbons (Fsp3) is 0.756. The van der Waals surface area contributed by atoms with Gasteiger partial charge < -0.3 is 4.74 Å². The highest BCUT2D eigenvalue weighted by molar-refractivity contribution is 7.90. The van der Waals surface area contributed by atoms with Gasteiger partial charge in [0.05, 0.1) is 11.4 Å². The lowest BCUT2D eigenvalue weighted by Crippen LogP contribution is -2.32. The zero-order chi connectivity index (χ0) is 38.7. The van der Waals surface area contributed by atoms with Crippen molar-refractivity contribution < 1.29 is 21.9 Å². The number of benzene rings is 1. The van der Waals surface area contributed by atoms with E-state index in [0.717, 1.165) is 18.9 Å². The Morgan fingerprint density at radius 2 is 1.21 bits per heavy atom. The van der Waals surface area contributed by atoms with Crippen LogP contribution in [-0.4, -0.2) is 38.3 Å². The Kier molecular flexibility index (Phi) is 25.2. The summed E-state index contributed by atoms with van der Waals surface area (Å²) in [5, 5.41) is -0.0881. The second kappa shape index (κ2) is 23.8. The summed E-state index contributed by atoms with van der Waals surface area (Å²) in [5.41, 5.74) is 3.77. The Hall–Kier alpha value is -1.57. The smallest absolute Gasteiger partial charge is 0.289 e. The summed E-state index contributed by atoms with van der Waals surface area (Å²) in [4.78, 5) is 0. The molecule has 1 aliphatic carbocycles. The topological polar surface area (TPSA) is 55.4 Å². The molecule has 48 heavy (non-hydrogen) atoms. The van der Waals surface area contributed by atoms with E-state index >= 15 is 0 Å². The van der Waals surface area contributed by atoms with Gasteiger partial charge in [0.15, 0.2) is 0 Å². The highest BCUT2D eigenvalue weighted by Gasteiger charge is 2.35. The average Bonchev–Trinajstić information content (AvgIpc) is 3.77. The molecule has 1 N–H and O–H groups in total. The summed E-state index contributed by atoms with van der Waals surface area (Å²) >= 11 is 0. The Morgan fingerprint density at radius 1 is 0.812 bits per heavy atom. The molecular formula is C41H77F2NO3S. The van der Waals surface area contributed by atoms with E-state index in [4.69, 9.17) is 4.74 Å². The van der Waals surface area contributed by atoms with Crippen molar-refractivity contribution in [2.24, 2.45) is 22.7 Å². The van der Waals surface area contributed by atoms with Crippen LogP contribution in [0.15, 0.2) is 49.1 Å². The maximum Gasteiger partial charge on any atom is 0.289 e. The van der Waals surface area contributed by atoms with Crippen LogP contribution >= 0.6 is 0 Å². The predicted octanol–water partition coefficient (Wildman–Crippen LogP) is 12.6. The third kappa shape index (κ3) is 29.4. The standard InChI is InChI=1S/C12H18.C10H18F2O.C8H18.C6H13NO2S.C5H10/c1-9(2)11-6-5-7-12(8-11)10(3)4;1-8(2)5-6-10(11,12)7-13-9(3)4;1-7(2,3)8(4,5)6;1-5(2)7-10(8,9)6-3-4-6;1-4-5(2)3/h5-10H,1-4H3;5-6,8-9H,7H2,1-4H3;1-6H3;5-7H,3-4H2,1-2H3;4-5H,1H2,2-3H3/b;6-5+;;;. The maximum atomic E-state index is 12.9. The molecule has 2 rings (SSSR count). The number of sulfonamides is 1. The first kappa shape index (κ1) is 50.8. The van der Waals surface area contributed by atoms with E-state index in [9.17, 15) is 17.2 Å². The predicted molar refractivity (Wildman–Crippen MR) is 209 cm³/mol. The molecule has 1 aromatic carbocycles. The van der Waals surface area contributed by atoms with Gasteiger partial charge in [-0.2, -0.15) is 8.78 Å². The summed E-state index contributed by atoms with van der Waals surface area (Å²) < 4.78 is 55.4. The van der Waals surface area contributed by atoms with Crippen molar-refractivity contribution in [2.45, 2.75) is 173 Å². The van der Waals surface area contributed by atoms with Crippen molar-refractivity contribution in [2.75, 3.05) is 6.61 Å². The first-order chi connectivity index (χ1) is 21.5. The minimum atomic E-state index is -2.94. The molecule has 0 unspecified atom stereocenters. The van der Waals surface area contributed by atoms with Gasteiger partial charge in [-0.3, -0.25) is 0 Å². The number of rotatable bonds is 11. The van der Waals surface area contributed by atoms with Crippen LogP contribution in [-0.2, 0) is 14.8 Å². The zero-order valence-electron chi connectivity index (χ0n) is 34.3. The lowest BCUT2D eigenvalue weighted by atomic mass is 9.71. The van der Waals surface area contributed by atoms with Gasteiger partial charge in [-0.1, -0.05) is 133 Å². The number of hydrogen-bond acceptors (Lipinski definition) is 3. The monoisotopic (exact) mass is 702 g/mol. The van der Waals surface area contributed by atoms with Gasteiger partial charge in [-0.25, -0.2) is 13.1 Å². The van der Waals surface area contributed by atoms with Crippen molar-refractivity contribution in [1.82, 2.24) is 4.72 Å². The molecule has 0 saturated heterocycles. The molecular weight excluding hydrogens is 625 g/mol. The molecule has 4 nitrogen and oxygen atoms in total. The van der Waals surface area contributed by atoms with Crippen LogP contribution in [0.5, 0.6) is 0 Å². The minimum Gasteiger partial charge on any atom is -0.372 e. The van der Waals surface area contributed by atoms with Gasteiger partial charge in [-0.05, 0) is 92.2 Å². The van der Waals surface area contributed by atoms with E-state index in [1.54, 1.807) is 13.8 Å². The largest absolute Gasteiger partial charge is 0.372 e. The second-order valence-electron chi connectivity index (χ2n) is 16.7. The summed E-state index contributed by atoms with van der Waals surface area (Å²) in [6.07, 6.45) is 5.84. The van der Waals surface area contributed by atoms with E-state index in [2.05, 4.69) is 119 Å². The van der Waals surface area contributed by atoms with E-state index in [1.807, 2.05) is 33.8 Å². The van der Waals surface area contributed by atoms with Crippen LogP contribution in [0, 0.1) is 22.7 Å². The number of nitrogens with one attached hydrogen (secondary N) is 1. The van der Waals surface area contributed by atoms with Crippen LogP contribution in [0.25, 0.3) is 0 Å². The Bertz CT molecular complexity index is 1070. The lowest BCUT2D eigenvalue weighted by Gasteiger charge is -2.34. The molecule has 0 amide bonds. The minimum absolute atomic E-state index is 0.0330. The SMILES string of the molecule is C=CC(C)C.CC(C)(C)C(C)(C)C.CC(C)/C=C/C(F)(F)COC(C)C.CC(C)NS(=O)(=O)C1CC1.CC(C)c1cccc(C(C)C)c1. The third-order valence-electron chi connectivity index (χ3n) is 7.66. The molecule has 0 radical (unpaired) electrons. The highest BCUT2D eigenvalue weighted by Crippen LogP contribution is 2.36. The van der Waals surface area contributed by atoms with Crippen molar-refractivity contribution >= 4 is 10.0 Å². The van der Waals surface area contributed by atoms with Crippen LogP contribution in [0.1, 0.15) is 160 Å². The highest BCUT2D eigenvalue weighted by atomic mass is 32.2. The van der Waals surface area contributed by atoms with Crippen LogP contribution in [0.2, 0.25) is 0 Å². The number of allylic oxidation sites excluding steroid dienone is 2. The first-order valence-corrected chi connectivity index (χ1v) is 19.5. The fourth-order valence-corrected chi connectivity index (χ4v) is 4.35. The summed E-state index contributed by atoms with van der Waals surface area (Å²) in [6, 6.07) is 8.91. The zero-order valence-corrected chi connectivity index (χ0v) is 35.1. The van der Waals surface area contributed by atoms with Gasteiger partial charge in [0, 0.05) is 6.04 Å². The van der Waals surface area contributed by atoms with Crippen LogP contribution in [0.4, 0.5) is 8.78 Å². The Balaban J connectivity index is -0.000000543. The summed E-state index contributed by atoms with van der Waals surface area (Å²) in [6.45, 7) is 40.7. The molecule has 1 aliphatic rings. The number of hydrogen-bond donors (Lipinski definition) is 1. The van der Waals surface area contributed by atoms with Gasteiger partial charge in [0.1, 0.15) is 6.61 Å². The third-order valence-corrected chi connectivity index (χ3v) is 9.81. The Labute approximate surface area is 298 Å². The molecule has 0 bridgehead atoms. The van der Waals surface area contributed by atoms with Gasteiger partial charge in [0.25, 0.3) is 5.92 Å². The molecule has 1 fully saturated rings. The lowest BCUT2D eigenvalue weighted by molar-refractivity contribution is -0.0596. The van der Waals surface area contributed by atoms with Crippen LogP contribution < -0.4 is 4.72 Å². The van der Waals surface area contributed by atoms with Gasteiger partial charge >= 0.3 is 0 Å². The molecule has 284 valence electrons. The Morgan fingerprint density at radius 3 is 1.46 bits per heavy atom. The molecule has 0 aromatic heterocycles. The fourth-order valence-electron chi connectivity index (χ4n) is 2.74. The van der Waals surface area contributed by atoms with E-state index < -0.39 is 22.6 Å². The normalized spacial score (nSPS) is 13.9. The van der Waals surface area contributed by atoms with E-state index in [1.165, 1.54) is 17.2 Å². The molecule has 7 heteroatoms. The average molecular weight is 702 g/mol. The van der Waals surface area contributed by atoms with E-state index in [-0.39, 0.29) is 23.3 Å². The summed E-state index contributed by atoms with van der Waals surface area (Å²) in [5.74, 6) is -0.763. The molecule has 1 aromatic rings. The molecule has 0 heterocycles. The van der Waals surface area contributed by atoms with Crippen LogP contribution in [0.3, 0.4) is 0 Å². The quantitative estimate of drug-likeness (QED) is 0.234. The summed E-state index contributed by atoms with van der Waals surface area (Å²) in [7, 11) is -2.94. The first-order valence-electron chi connectivity index (χ1n) is 17.9. The molecule has 0 spiro atoms. The number of alkyl halides is 2. The molecule has 1 saturated carbocycles. The van der Waals surface area contributed by atoms with Gasteiger partial charge in [-0.15, -0.1) is 6.58 Å². The van der Waals surface area contributed by atoms with E-state index in [0.29, 0.717) is 28.6 Å². The number of halogens is 2. The van der Waals surface area contributed by atoms with Crippen molar-refractivity contribution in [3.8, 4) is 0 Å². The van der Waals surface area contributed by atoms with Crippen molar-refractivity contribution in [3.05, 3.63) is 60.2 Å². The van der Waals surface area contributed by atoms with Crippen molar-refractivity contribution in [3.63, 3.8) is 0 Å². The second-order valence-corrected chi connectivity index (χ2v) is 18.7. The molecule has 0 aliphatic heterocycles. The number of ether oxygens (including phenoxy) is 1.